The maximum atomic E-state index is 14.5. The van der Waals surface area contributed by atoms with Crippen molar-refractivity contribution in [3.05, 3.63) is 49.6 Å². The van der Waals surface area contributed by atoms with Crippen molar-refractivity contribution in [1.29, 1.82) is 0 Å². The first kappa shape index (κ1) is 80.1. The van der Waals surface area contributed by atoms with Crippen LogP contribution in [0.5, 0.6) is 17.2 Å². The lowest BCUT2D eigenvalue weighted by atomic mass is 9.72. The molecule has 1 amide bonds. The summed E-state index contributed by atoms with van der Waals surface area (Å²) >= 11 is 2.80. The fraction of sp³-hybridized carbons (Fsp3) is 0.677. The minimum absolute atomic E-state index is 0.0114. The Hall–Kier alpha value is -4.19. The molecule has 97 heavy (non-hydrogen) atoms. The Morgan fingerprint density at radius 3 is 2.27 bits per heavy atom. The van der Waals surface area contributed by atoms with Crippen LogP contribution in [0.25, 0.3) is 0 Å². The van der Waals surface area contributed by atoms with E-state index in [4.69, 9.17) is 72.5 Å². The molecule has 0 unspecified atom stereocenters. The van der Waals surface area contributed by atoms with Gasteiger partial charge in [0.15, 0.2) is 41.8 Å². The van der Waals surface area contributed by atoms with Gasteiger partial charge in [-0.2, -0.15) is 5.48 Å². The molecule has 32 heteroatoms. The summed E-state index contributed by atoms with van der Waals surface area (Å²) in [4.78, 5) is 72.0. The number of ketones is 1. The van der Waals surface area contributed by atoms with Crippen molar-refractivity contribution in [2.24, 2.45) is 5.73 Å². The first-order valence-corrected chi connectivity index (χ1v) is 36.0. The highest BCUT2D eigenvalue weighted by molar-refractivity contribution is 14.1. The third-order valence-electron chi connectivity index (χ3n) is 17.2. The topological polar surface area (TPSA) is 389 Å². The Kier molecular flexibility index (Phi) is 30.2. The molecule has 4 saturated heterocycles. The van der Waals surface area contributed by atoms with Crippen LogP contribution < -0.4 is 36.1 Å². The summed E-state index contributed by atoms with van der Waals surface area (Å²) in [5.41, 5.74) is 6.95. The lowest BCUT2D eigenvalue weighted by Crippen LogP contribution is -2.65. The lowest BCUT2D eigenvalue weighted by molar-refractivity contribution is -0.336. The number of likely N-dealkylation sites (N-methyl/N-ethyl adjacent to an activating group) is 1. The predicted octanol–water partition coefficient (Wildman–Crippen LogP) is 2.65. The maximum Gasteiger partial charge on any atom is 0.320 e. The summed E-state index contributed by atoms with van der Waals surface area (Å²) in [6.45, 7) is 13.5. The van der Waals surface area contributed by atoms with Crippen molar-refractivity contribution in [2.75, 3.05) is 61.0 Å². The number of ether oxygens (including phenoxy) is 12. The largest absolute Gasteiger partial charge is 0.492 e. The van der Waals surface area contributed by atoms with Gasteiger partial charge >= 0.3 is 11.9 Å². The van der Waals surface area contributed by atoms with Gasteiger partial charge in [0.25, 0.3) is 0 Å². The minimum Gasteiger partial charge on any atom is -0.492 e. The van der Waals surface area contributed by atoms with E-state index in [1.807, 2.05) is 43.4 Å². The van der Waals surface area contributed by atoms with Crippen LogP contribution in [-0.4, -0.2) is 246 Å². The number of carboxylic acid groups (broad SMARTS) is 1. The van der Waals surface area contributed by atoms with Crippen LogP contribution in [0.1, 0.15) is 102 Å². The number of allylic oxidation sites excluding steroid dienone is 2. The third-order valence-corrected chi connectivity index (χ3v) is 23.1. The van der Waals surface area contributed by atoms with E-state index in [2.05, 4.69) is 39.8 Å². The number of benzene rings is 1. The smallest absolute Gasteiger partial charge is 0.320 e. The van der Waals surface area contributed by atoms with Gasteiger partial charge in [-0.1, -0.05) is 70.0 Å². The summed E-state index contributed by atoms with van der Waals surface area (Å²) < 4.78 is 72.6. The van der Waals surface area contributed by atoms with E-state index < -0.39 is 156 Å². The number of hydrogen-bond acceptors (Lipinski definition) is 29. The number of aliphatic carboxylic acids is 1. The molecule has 6 aliphatic rings. The van der Waals surface area contributed by atoms with Crippen LogP contribution in [-0.2, 0) is 66.6 Å². The minimum atomic E-state index is -2.14. The standard InChI is InChI=1S/C65H91IN4O24S3/c1-13-68-38-30-87-45(28-42(38)82-8)92-57-52(76)50(70-94-46-27-39(71)59(34(5)88-46)96-61(80)47-31(2)49(66)55(58(86-12)54(47)84-10)93-62-53(77)56(85-11)51(75)33(4)90-62)32(3)89-63(57)91-41-18-16-14-15-17-22-65(81)29-40(72)35(26-44(74)83-9)48(41)36(65)21-25-95-97-64(6,7)23-24-69-43(73)20-19-37(67)60(78)79/h14-15,21,32-34,37-39,41-42,45-46,50-53,56-57,59,62-63,68,70-71,75-77,81H,13,19-20,23-30,67H2,1-12H3,(H,69,73)(H,78,79)/b15-14-,36-21+/t32-,33+,34-,37+,38+,39+,41+,42+,45+,46+,50-,51+,52+,53-,56-,57-,59-,62+,63+,65+/m1/s1. The van der Waals surface area contributed by atoms with Crippen molar-refractivity contribution in [2.45, 2.75) is 219 Å². The number of hydrogen-bond donors (Lipinski definition) is 10. The Balaban J connectivity index is 1.11. The van der Waals surface area contributed by atoms with Crippen molar-refractivity contribution >= 4 is 84.7 Å². The first-order chi connectivity index (χ1) is 46.0. The van der Waals surface area contributed by atoms with Gasteiger partial charge in [0, 0.05) is 67.2 Å². The predicted molar refractivity (Wildman–Crippen MR) is 364 cm³/mol. The fourth-order valence-electron chi connectivity index (χ4n) is 11.9. The number of fused-ring (bicyclic) bond motifs is 2. The van der Waals surface area contributed by atoms with Gasteiger partial charge in [0.1, 0.15) is 42.7 Å². The van der Waals surface area contributed by atoms with E-state index >= 15 is 0 Å². The second-order valence-corrected chi connectivity index (χ2v) is 29.8. The van der Waals surface area contributed by atoms with Crippen LogP contribution in [0.15, 0.2) is 34.9 Å². The number of rotatable bonds is 30. The van der Waals surface area contributed by atoms with Crippen molar-refractivity contribution in [3.8, 4) is 40.9 Å². The van der Waals surface area contributed by atoms with Crippen LogP contribution in [0, 0.1) is 34.2 Å². The molecule has 1 aromatic carbocycles. The summed E-state index contributed by atoms with van der Waals surface area (Å²) in [5.74, 6) is 9.01. The van der Waals surface area contributed by atoms with Crippen molar-refractivity contribution in [1.82, 2.24) is 16.1 Å². The molecule has 0 spiro atoms. The number of hydroxylamine groups is 1. The number of amides is 1. The van der Waals surface area contributed by atoms with E-state index in [1.54, 1.807) is 40.9 Å². The highest BCUT2D eigenvalue weighted by atomic mass is 127. The number of Topliss-reactive ketones (excluding diaryl/α,β-unsaturated/α-hetero) is 1. The number of esters is 1. The first-order valence-electron chi connectivity index (χ1n) is 31.7. The summed E-state index contributed by atoms with van der Waals surface area (Å²) in [6, 6.07) is -2.50. The molecule has 1 aromatic rings. The molecule has 4 heterocycles. The Labute approximate surface area is 590 Å². The monoisotopic (exact) mass is 1530 g/mol. The third kappa shape index (κ3) is 20.1. The van der Waals surface area contributed by atoms with Gasteiger partial charge in [-0.3, -0.25) is 28.8 Å². The average molecular weight is 1540 g/mol. The molecular formula is C65H91IN4O24S3. The molecule has 7 rings (SSSR count). The molecule has 4 fully saturated rings. The molecule has 0 radical (unpaired) electrons. The number of thioether (sulfide) groups is 1. The Morgan fingerprint density at radius 1 is 0.897 bits per heavy atom. The quantitative estimate of drug-likeness (QED) is 0.0132. The van der Waals surface area contributed by atoms with Crippen molar-refractivity contribution < 1.29 is 116 Å². The van der Waals surface area contributed by atoms with Crippen LogP contribution in [0.4, 0.5) is 0 Å². The normalized spacial score (nSPS) is 33.1. The highest BCUT2D eigenvalue weighted by Crippen LogP contribution is 2.49. The van der Waals surface area contributed by atoms with Gasteiger partial charge in [0.2, 0.25) is 23.1 Å². The van der Waals surface area contributed by atoms with E-state index in [9.17, 15) is 49.5 Å². The van der Waals surface area contributed by atoms with Gasteiger partial charge in [0.05, 0.1) is 97.8 Å². The average Bonchev–Trinajstić information content (AvgIpc) is 0.766. The number of carbonyl (C=O) groups excluding carboxylic acids is 4. The molecular weight excluding hydrogens is 1440 g/mol. The zero-order valence-corrected chi connectivity index (χ0v) is 60.8. The number of carbonyl (C=O) groups is 5. The number of methoxy groups -OCH3 is 5. The maximum absolute atomic E-state index is 14.5. The SMILES string of the molecule is CCN[C@H]1CO[C@@H](O[C@H]2[C@H](O[C@H]3C#C/C=C\C#C[C@]4(O)CC(=O)C(CC(=O)OC)=C3/C4=C\CSSC(C)(C)CCNC(=O)CC[C@H](N)C(=O)O)O[C@H](C)[C@@H](NO[C@H]3C[C@H](O)[C@H](SC(=O)c4c(C)c(I)c(O[C@@H]5O[C@@H](C)[C@H](O)[C@@H](OC)[C@H]5O)c(OC)c4OC)[C@@H](C)O3)[C@@H]2O)C[C@@H]1OC. The lowest BCUT2D eigenvalue weighted by Gasteiger charge is -2.46. The summed E-state index contributed by atoms with van der Waals surface area (Å²) in [5, 5.41) is 72.7. The zero-order valence-electron chi connectivity index (χ0n) is 56.2. The Morgan fingerprint density at radius 2 is 1.61 bits per heavy atom. The second-order valence-electron chi connectivity index (χ2n) is 24.5. The van der Waals surface area contributed by atoms with Gasteiger partial charge in [-0.05, 0) is 101 Å². The van der Waals surface area contributed by atoms with Gasteiger partial charge in [-0.25, -0.2) is 0 Å². The summed E-state index contributed by atoms with van der Waals surface area (Å²) in [6.07, 6.45) is -13.5. The number of halogens is 1. The molecule has 2 bridgehead atoms. The molecule has 20 atom stereocenters. The number of carboxylic acids is 1. The second kappa shape index (κ2) is 36.6. The highest BCUT2D eigenvalue weighted by Gasteiger charge is 2.52. The van der Waals surface area contributed by atoms with E-state index in [-0.39, 0.29) is 89.5 Å². The van der Waals surface area contributed by atoms with Crippen LogP contribution >= 0.6 is 55.9 Å². The van der Waals surface area contributed by atoms with Gasteiger partial charge in [-0.15, -0.1) is 0 Å². The van der Waals surface area contributed by atoms with Crippen LogP contribution in [0.3, 0.4) is 0 Å². The Bertz CT molecular complexity index is 3160. The zero-order chi connectivity index (χ0) is 71.2. The molecule has 11 N–H and O–H groups in total. The number of aliphatic hydroxyl groups is 5. The van der Waals surface area contributed by atoms with Crippen LogP contribution in [0.2, 0.25) is 0 Å². The fourth-order valence-corrected chi connectivity index (χ4v) is 16.1. The molecule has 4 aliphatic heterocycles. The number of aliphatic hydroxyl groups excluding tert-OH is 4. The summed E-state index contributed by atoms with van der Waals surface area (Å²) in [7, 11) is 9.68. The molecule has 0 aromatic heterocycles. The van der Waals surface area contributed by atoms with Crippen molar-refractivity contribution in [3.63, 3.8) is 0 Å². The number of nitrogens with two attached hydrogens (primary N) is 1. The van der Waals surface area contributed by atoms with E-state index in [1.165, 1.54) is 62.2 Å². The molecule has 2 aliphatic carbocycles. The molecule has 28 nitrogen and oxygen atoms in total. The van der Waals surface area contributed by atoms with Gasteiger partial charge < -0.3 is 104 Å². The number of nitrogens with one attached hydrogen (secondary N) is 3. The molecule has 0 saturated carbocycles. The van der Waals surface area contributed by atoms with E-state index in [0.717, 1.165) is 11.8 Å². The van der Waals surface area contributed by atoms with E-state index in [0.29, 0.717) is 28.6 Å². The molecule has 540 valence electrons.